The summed E-state index contributed by atoms with van der Waals surface area (Å²) in [5, 5.41) is 0. The van der Waals surface area contributed by atoms with E-state index in [0.717, 1.165) is 48.7 Å². The van der Waals surface area contributed by atoms with Gasteiger partial charge in [-0.2, -0.15) is 0 Å². The van der Waals surface area contributed by atoms with Crippen LogP contribution in [-0.2, 0) is 6.42 Å². The number of aryl methyl sites for hydroxylation is 1. The second-order valence-corrected chi connectivity index (χ2v) is 4.93. The molecule has 0 aliphatic heterocycles. The molecule has 3 heteroatoms. The van der Waals surface area contributed by atoms with E-state index in [-0.39, 0.29) is 0 Å². The fraction of sp³-hybridized carbons (Fsp3) is 0.333. The third kappa shape index (κ3) is 4.80. The maximum Gasteiger partial charge on any atom is 0.127 e. The van der Waals surface area contributed by atoms with Crippen LogP contribution < -0.4 is 15.2 Å². The predicted molar refractivity (Wildman–Crippen MR) is 86.1 cm³/mol. The lowest BCUT2D eigenvalue weighted by atomic mass is 10.1. The topological polar surface area (TPSA) is 44.5 Å². The number of rotatable bonds is 8. The van der Waals surface area contributed by atoms with Gasteiger partial charge in [-0.15, -0.1) is 0 Å². The maximum atomic E-state index is 5.87. The molecule has 0 fully saturated rings. The molecule has 3 nitrogen and oxygen atoms in total. The summed E-state index contributed by atoms with van der Waals surface area (Å²) < 4.78 is 11.7. The van der Waals surface area contributed by atoms with Gasteiger partial charge in [-0.25, -0.2) is 0 Å². The lowest BCUT2D eigenvalue weighted by Gasteiger charge is -2.13. The quantitative estimate of drug-likeness (QED) is 0.792. The standard InChI is InChI=1S/C18H23NO2/c1-2-13-20-18-11-10-17(14-15(18)7-6-12-19)21-16-8-4-3-5-9-16/h3-5,8-11,14H,2,6-7,12-13,19H2,1H3. The van der Waals surface area contributed by atoms with Gasteiger partial charge in [0.2, 0.25) is 0 Å². The van der Waals surface area contributed by atoms with Crippen molar-refractivity contribution in [1.29, 1.82) is 0 Å². The molecule has 0 aromatic heterocycles. The van der Waals surface area contributed by atoms with Crippen molar-refractivity contribution in [1.82, 2.24) is 0 Å². The molecular weight excluding hydrogens is 262 g/mol. The smallest absolute Gasteiger partial charge is 0.127 e. The monoisotopic (exact) mass is 285 g/mol. The Bertz CT molecular complexity index is 540. The fourth-order valence-corrected chi connectivity index (χ4v) is 2.08. The molecule has 112 valence electrons. The van der Waals surface area contributed by atoms with E-state index in [1.54, 1.807) is 0 Å². The average Bonchev–Trinajstić information content (AvgIpc) is 2.53. The minimum Gasteiger partial charge on any atom is -0.493 e. The molecule has 2 aromatic carbocycles. The van der Waals surface area contributed by atoms with Crippen molar-refractivity contribution in [3.8, 4) is 17.2 Å². The third-order valence-electron chi connectivity index (χ3n) is 3.12. The van der Waals surface area contributed by atoms with Crippen molar-refractivity contribution in [2.75, 3.05) is 13.2 Å². The molecule has 0 amide bonds. The summed E-state index contributed by atoms with van der Waals surface area (Å²) in [7, 11) is 0. The van der Waals surface area contributed by atoms with E-state index < -0.39 is 0 Å². The summed E-state index contributed by atoms with van der Waals surface area (Å²) in [4.78, 5) is 0. The number of nitrogens with two attached hydrogens (primary N) is 1. The molecule has 0 saturated carbocycles. The van der Waals surface area contributed by atoms with Gasteiger partial charge in [-0.1, -0.05) is 25.1 Å². The van der Waals surface area contributed by atoms with Crippen molar-refractivity contribution in [2.45, 2.75) is 26.2 Å². The molecule has 0 atom stereocenters. The zero-order valence-electron chi connectivity index (χ0n) is 12.5. The Morgan fingerprint density at radius 2 is 1.81 bits per heavy atom. The average molecular weight is 285 g/mol. The number of ether oxygens (including phenoxy) is 2. The van der Waals surface area contributed by atoms with Gasteiger partial charge in [0, 0.05) is 0 Å². The normalized spacial score (nSPS) is 10.4. The highest BCUT2D eigenvalue weighted by molar-refractivity contribution is 5.42. The second kappa shape index (κ2) is 8.32. The molecular formula is C18H23NO2. The van der Waals surface area contributed by atoms with E-state index in [1.165, 1.54) is 0 Å². The molecule has 0 saturated heterocycles. The van der Waals surface area contributed by atoms with Gasteiger partial charge in [0.1, 0.15) is 17.2 Å². The SMILES string of the molecule is CCCOc1ccc(Oc2ccccc2)cc1CCCN. The summed E-state index contributed by atoms with van der Waals surface area (Å²) in [6.07, 6.45) is 2.84. The van der Waals surface area contributed by atoms with Crippen LogP contribution in [0.15, 0.2) is 48.5 Å². The summed E-state index contributed by atoms with van der Waals surface area (Å²) in [5.41, 5.74) is 6.77. The van der Waals surface area contributed by atoms with Crippen LogP contribution in [0.25, 0.3) is 0 Å². The number of hydrogen-bond donors (Lipinski definition) is 1. The van der Waals surface area contributed by atoms with Crippen LogP contribution in [-0.4, -0.2) is 13.2 Å². The van der Waals surface area contributed by atoms with E-state index in [0.29, 0.717) is 6.54 Å². The van der Waals surface area contributed by atoms with E-state index >= 15 is 0 Å². The first-order valence-corrected chi connectivity index (χ1v) is 7.52. The van der Waals surface area contributed by atoms with Crippen LogP contribution in [0.1, 0.15) is 25.3 Å². The Hall–Kier alpha value is -2.00. The minimum absolute atomic E-state index is 0.678. The first-order valence-electron chi connectivity index (χ1n) is 7.52. The molecule has 2 aromatic rings. The van der Waals surface area contributed by atoms with Crippen molar-refractivity contribution >= 4 is 0 Å². The van der Waals surface area contributed by atoms with E-state index in [4.69, 9.17) is 15.2 Å². The molecule has 0 heterocycles. The van der Waals surface area contributed by atoms with Crippen molar-refractivity contribution in [3.63, 3.8) is 0 Å². The maximum absolute atomic E-state index is 5.87. The first kappa shape index (κ1) is 15.4. The predicted octanol–water partition coefficient (Wildman–Crippen LogP) is 4.16. The Kier molecular flexibility index (Phi) is 6.10. The van der Waals surface area contributed by atoms with Gasteiger partial charge < -0.3 is 15.2 Å². The molecule has 0 aliphatic rings. The Balaban J connectivity index is 2.15. The summed E-state index contributed by atoms with van der Waals surface area (Å²) in [6.45, 7) is 3.51. The zero-order chi connectivity index (χ0) is 14.9. The summed E-state index contributed by atoms with van der Waals surface area (Å²) in [6, 6.07) is 15.8. The van der Waals surface area contributed by atoms with Crippen LogP contribution in [0, 0.1) is 0 Å². The Morgan fingerprint density at radius 1 is 1.00 bits per heavy atom. The largest absolute Gasteiger partial charge is 0.493 e. The summed E-state index contributed by atoms with van der Waals surface area (Å²) >= 11 is 0. The number of para-hydroxylation sites is 1. The van der Waals surface area contributed by atoms with Gasteiger partial charge in [0.15, 0.2) is 0 Å². The molecule has 0 unspecified atom stereocenters. The zero-order valence-corrected chi connectivity index (χ0v) is 12.5. The second-order valence-electron chi connectivity index (χ2n) is 4.93. The fourth-order valence-electron chi connectivity index (χ4n) is 2.08. The highest BCUT2D eigenvalue weighted by atomic mass is 16.5. The Morgan fingerprint density at radius 3 is 2.52 bits per heavy atom. The van der Waals surface area contributed by atoms with Crippen LogP contribution >= 0.6 is 0 Å². The van der Waals surface area contributed by atoms with Gasteiger partial charge in [0.05, 0.1) is 6.61 Å². The molecule has 0 spiro atoms. The van der Waals surface area contributed by atoms with Gasteiger partial charge in [-0.3, -0.25) is 0 Å². The Labute approximate surface area is 126 Å². The van der Waals surface area contributed by atoms with Gasteiger partial charge >= 0.3 is 0 Å². The van der Waals surface area contributed by atoms with Crippen LogP contribution in [0.4, 0.5) is 0 Å². The highest BCUT2D eigenvalue weighted by Gasteiger charge is 2.06. The molecule has 0 radical (unpaired) electrons. The van der Waals surface area contributed by atoms with Gasteiger partial charge in [0.25, 0.3) is 0 Å². The van der Waals surface area contributed by atoms with E-state index in [2.05, 4.69) is 6.92 Å². The van der Waals surface area contributed by atoms with Crippen molar-refractivity contribution in [2.24, 2.45) is 5.73 Å². The third-order valence-corrected chi connectivity index (χ3v) is 3.12. The molecule has 0 bridgehead atoms. The van der Waals surface area contributed by atoms with Crippen LogP contribution in [0.3, 0.4) is 0 Å². The molecule has 0 aliphatic carbocycles. The van der Waals surface area contributed by atoms with Gasteiger partial charge in [-0.05, 0) is 61.7 Å². The molecule has 21 heavy (non-hydrogen) atoms. The molecule has 2 rings (SSSR count). The molecule has 2 N–H and O–H groups in total. The highest BCUT2D eigenvalue weighted by Crippen LogP contribution is 2.28. The van der Waals surface area contributed by atoms with E-state index in [9.17, 15) is 0 Å². The first-order chi connectivity index (χ1) is 10.3. The van der Waals surface area contributed by atoms with Crippen molar-refractivity contribution in [3.05, 3.63) is 54.1 Å². The van der Waals surface area contributed by atoms with E-state index in [1.807, 2.05) is 48.5 Å². The number of hydrogen-bond acceptors (Lipinski definition) is 3. The lowest BCUT2D eigenvalue weighted by Crippen LogP contribution is -2.03. The summed E-state index contributed by atoms with van der Waals surface area (Å²) in [5.74, 6) is 2.60. The minimum atomic E-state index is 0.678. The van der Waals surface area contributed by atoms with Crippen LogP contribution in [0.2, 0.25) is 0 Å². The lowest BCUT2D eigenvalue weighted by molar-refractivity contribution is 0.313. The van der Waals surface area contributed by atoms with Crippen molar-refractivity contribution < 1.29 is 9.47 Å². The van der Waals surface area contributed by atoms with Crippen LogP contribution in [0.5, 0.6) is 17.2 Å². The number of benzene rings is 2.